The van der Waals surface area contributed by atoms with Crippen LogP contribution in [-0.4, -0.2) is 35.3 Å². The summed E-state index contributed by atoms with van der Waals surface area (Å²) in [6, 6.07) is 7.96. The van der Waals surface area contributed by atoms with Crippen LogP contribution in [0.4, 0.5) is 11.8 Å². The van der Waals surface area contributed by atoms with E-state index in [-0.39, 0.29) is 5.60 Å². The number of para-hydroxylation sites is 1. The Balaban J connectivity index is 2.09. The van der Waals surface area contributed by atoms with Crippen molar-refractivity contribution in [2.75, 3.05) is 30.0 Å². The van der Waals surface area contributed by atoms with E-state index in [2.05, 4.69) is 34.1 Å². The third-order valence-electron chi connectivity index (χ3n) is 3.44. The topological polar surface area (TPSA) is 76.3 Å². The lowest BCUT2D eigenvalue weighted by Gasteiger charge is -2.39. The standard InChI is InChI=1S/C14H19N5O/c1-14(2)9-19(7-8-20-14)12-10-5-3-4-6-11(10)16-13(17-12)18-15/h3-6H,7-9,15H2,1-2H3,(H,16,17,18). The molecule has 2 heterocycles. The van der Waals surface area contributed by atoms with E-state index < -0.39 is 0 Å². The summed E-state index contributed by atoms with van der Waals surface area (Å²) in [7, 11) is 0. The predicted octanol–water partition coefficient (Wildman–Crippen LogP) is 1.53. The molecule has 0 spiro atoms. The molecule has 20 heavy (non-hydrogen) atoms. The van der Waals surface area contributed by atoms with Crippen molar-refractivity contribution >= 4 is 22.7 Å². The normalized spacial score (nSPS) is 18.2. The lowest BCUT2D eigenvalue weighted by atomic mass is 10.1. The number of fused-ring (bicyclic) bond motifs is 1. The fourth-order valence-electron chi connectivity index (χ4n) is 2.56. The average Bonchev–Trinajstić information content (AvgIpc) is 2.45. The molecular weight excluding hydrogens is 254 g/mol. The molecule has 6 nitrogen and oxygen atoms in total. The van der Waals surface area contributed by atoms with Gasteiger partial charge in [0, 0.05) is 18.5 Å². The maximum absolute atomic E-state index is 5.76. The van der Waals surface area contributed by atoms with Gasteiger partial charge in [-0.05, 0) is 26.0 Å². The molecule has 0 radical (unpaired) electrons. The third-order valence-corrected chi connectivity index (χ3v) is 3.44. The molecular formula is C14H19N5O. The summed E-state index contributed by atoms with van der Waals surface area (Å²) < 4.78 is 5.76. The van der Waals surface area contributed by atoms with Crippen LogP contribution in [0.2, 0.25) is 0 Å². The predicted molar refractivity (Wildman–Crippen MR) is 79.6 cm³/mol. The average molecular weight is 273 g/mol. The van der Waals surface area contributed by atoms with Crippen LogP contribution in [0.3, 0.4) is 0 Å². The van der Waals surface area contributed by atoms with Gasteiger partial charge in [0.15, 0.2) is 0 Å². The van der Waals surface area contributed by atoms with E-state index >= 15 is 0 Å². The molecule has 0 aliphatic carbocycles. The number of nitrogens with one attached hydrogen (secondary N) is 1. The molecule has 0 bridgehead atoms. The van der Waals surface area contributed by atoms with Crippen LogP contribution in [0.25, 0.3) is 10.9 Å². The maximum atomic E-state index is 5.76. The Morgan fingerprint density at radius 1 is 1.30 bits per heavy atom. The maximum Gasteiger partial charge on any atom is 0.239 e. The molecule has 1 aromatic heterocycles. The number of hydrogen-bond donors (Lipinski definition) is 2. The highest BCUT2D eigenvalue weighted by molar-refractivity contribution is 5.90. The summed E-state index contributed by atoms with van der Waals surface area (Å²) in [5.74, 6) is 6.81. The summed E-state index contributed by atoms with van der Waals surface area (Å²) in [5, 5.41) is 1.03. The summed E-state index contributed by atoms with van der Waals surface area (Å²) in [4.78, 5) is 11.1. The van der Waals surface area contributed by atoms with Gasteiger partial charge in [-0.1, -0.05) is 12.1 Å². The lowest BCUT2D eigenvalue weighted by Crippen LogP contribution is -2.48. The molecule has 1 aliphatic heterocycles. The van der Waals surface area contributed by atoms with Crippen LogP contribution >= 0.6 is 0 Å². The van der Waals surface area contributed by atoms with E-state index in [0.717, 1.165) is 29.8 Å². The van der Waals surface area contributed by atoms with E-state index in [1.165, 1.54) is 0 Å². The molecule has 0 unspecified atom stereocenters. The van der Waals surface area contributed by atoms with Gasteiger partial charge in [-0.3, -0.25) is 5.43 Å². The van der Waals surface area contributed by atoms with Crippen LogP contribution in [0.1, 0.15) is 13.8 Å². The number of aromatic nitrogens is 2. The molecule has 1 aliphatic rings. The van der Waals surface area contributed by atoms with Crippen LogP contribution in [-0.2, 0) is 4.74 Å². The summed E-state index contributed by atoms with van der Waals surface area (Å²) in [5.41, 5.74) is 3.24. The monoisotopic (exact) mass is 273 g/mol. The van der Waals surface area contributed by atoms with Crippen molar-refractivity contribution < 1.29 is 4.74 Å². The van der Waals surface area contributed by atoms with E-state index in [1.54, 1.807) is 0 Å². The summed E-state index contributed by atoms with van der Waals surface area (Å²) in [6.07, 6.45) is 0. The third kappa shape index (κ3) is 2.39. The first-order valence-corrected chi connectivity index (χ1v) is 6.71. The second-order valence-corrected chi connectivity index (χ2v) is 5.56. The Morgan fingerprint density at radius 2 is 2.10 bits per heavy atom. The van der Waals surface area contributed by atoms with Crippen molar-refractivity contribution in [3.8, 4) is 0 Å². The quantitative estimate of drug-likeness (QED) is 0.638. The zero-order valence-electron chi connectivity index (χ0n) is 11.8. The molecule has 1 fully saturated rings. The van der Waals surface area contributed by atoms with E-state index in [0.29, 0.717) is 12.6 Å². The van der Waals surface area contributed by atoms with Crippen LogP contribution < -0.4 is 16.2 Å². The zero-order chi connectivity index (χ0) is 14.2. The minimum absolute atomic E-state index is 0.180. The molecule has 6 heteroatoms. The number of ether oxygens (including phenoxy) is 1. The van der Waals surface area contributed by atoms with Gasteiger partial charge in [-0.25, -0.2) is 10.8 Å². The van der Waals surface area contributed by atoms with E-state index in [9.17, 15) is 0 Å². The second kappa shape index (κ2) is 4.88. The van der Waals surface area contributed by atoms with Crippen molar-refractivity contribution in [3.05, 3.63) is 24.3 Å². The number of benzene rings is 1. The summed E-state index contributed by atoms with van der Waals surface area (Å²) in [6.45, 7) is 6.47. The van der Waals surface area contributed by atoms with Gasteiger partial charge in [0.1, 0.15) is 5.82 Å². The Kier molecular flexibility index (Phi) is 3.19. The summed E-state index contributed by atoms with van der Waals surface area (Å²) >= 11 is 0. The highest BCUT2D eigenvalue weighted by atomic mass is 16.5. The number of nitrogen functional groups attached to an aromatic ring is 1. The highest BCUT2D eigenvalue weighted by Crippen LogP contribution is 2.28. The van der Waals surface area contributed by atoms with Gasteiger partial charge < -0.3 is 9.64 Å². The molecule has 106 valence electrons. The van der Waals surface area contributed by atoms with Gasteiger partial charge in [0.2, 0.25) is 5.95 Å². The highest BCUT2D eigenvalue weighted by Gasteiger charge is 2.29. The fourth-order valence-corrected chi connectivity index (χ4v) is 2.56. The van der Waals surface area contributed by atoms with Crippen LogP contribution in [0.5, 0.6) is 0 Å². The minimum Gasteiger partial charge on any atom is -0.372 e. The Hall–Kier alpha value is -1.92. The van der Waals surface area contributed by atoms with Gasteiger partial charge in [0.25, 0.3) is 0 Å². The Morgan fingerprint density at radius 3 is 2.85 bits per heavy atom. The second-order valence-electron chi connectivity index (χ2n) is 5.56. The first-order chi connectivity index (χ1) is 9.59. The fraction of sp³-hybridized carbons (Fsp3) is 0.429. The number of rotatable bonds is 2. The molecule has 1 saturated heterocycles. The molecule has 3 N–H and O–H groups in total. The van der Waals surface area contributed by atoms with Crippen molar-refractivity contribution in [2.45, 2.75) is 19.4 Å². The first kappa shape index (κ1) is 13.1. The van der Waals surface area contributed by atoms with Crippen molar-refractivity contribution in [3.63, 3.8) is 0 Å². The van der Waals surface area contributed by atoms with Crippen LogP contribution in [0, 0.1) is 0 Å². The minimum atomic E-state index is -0.180. The Bertz CT molecular complexity index is 628. The lowest BCUT2D eigenvalue weighted by molar-refractivity contribution is -0.0278. The zero-order valence-corrected chi connectivity index (χ0v) is 11.8. The molecule has 0 saturated carbocycles. The molecule has 3 rings (SSSR count). The molecule has 2 aromatic rings. The number of anilines is 2. The number of hydrazine groups is 1. The van der Waals surface area contributed by atoms with Gasteiger partial charge in [0.05, 0.1) is 17.7 Å². The van der Waals surface area contributed by atoms with E-state index in [1.807, 2.05) is 24.3 Å². The van der Waals surface area contributed by atoms with Crippen molar-refractivity contribution in [1.29, 1.82) is 0 Å². The van der Waals surface area contributed by atoms with Crippen LogP contribution in [0.15, 0.2) is 24.3 Å². The van der Waals surface area contributed by atoms with Crippen molar-refractivity contribution in [2.24, 2.45) is 5.84 Å². The SMILES string of the molecule is CC1(C)CN(c2nc(NN)nc3ccccc23)CCO1. The first-order valence-electron chi connectivity index (χ1n) is 6.71. The van der Waals surface area contributed by atoms with Gasteiger partial charge >= 0.3 is 0 Å². The van der Waals surface area contributed by atoms with Gasteiger partial charge in [-0.2, -0.15) is 4.98 Å². The molecule has 0 amide bonds. The van der Waals surface area contributed by atoms with E-state index in [4.69, 9.17) is 10.6 Å². The molecule has 0 atom stereocenters. The largest absolute Gasteiger partial charge is 0.372 e. The Labute approximate surface area is 117 Å². The smallest absolute Gasteiger partial charge is 0.239 e. The van der Waals surface area contributed by atoms with Crippen molar-refractivity contribution in [1.82, 2.24) is 9.97 Å². The van der Waals surface area contributed by atoms with Gasteiger partial charge in [-0.15, -0.1) is 0 Å². The number of nitrogens with two attached hydrogens (primary N) is 1. The number of hydrogen-bond acceptors (Lipinski definition) is 6. The number of morpholine rings is 1. The molecule has 1 aromatic carbocycles. The number of nitrogens with zero attached hydrogens (tertiary/aromatic N) is 3.